The van der Waals surface area contributed by atoms with Crippen LogP contribution in [-0.2, 0) is 0 Å². The van der Waals surface area contributed by atoms with Gasteiger partial charge in [0.2, 0.25) is 0 Å². The molecule has 2 heteroatoms. The Balaban J connectivity index is 2.46. The molecule has 1 atom stereocenters. The maximum atomic E-state index is 12.9. The van der Waals surface area contributed by atoms with Crippen LogP contribution in [0.25, 0.3) is 0 Å². The van der Waals surface area contributed by atoms with Gasteiger partial charge in [-0.15, -0.1) is 6.58 Å². The third kappa shape index (κ3) is 4.26. The van der Waals surface area contributed by atoms with Crippen LogP contribution in [0.15, 0.2) is 36.4 Å². The van der Waals surface area contributed by atoms with Crippen molar-refractivity contribution < 1.29 is 4.39 Å². The SMILES string of the molecule is C=C(C)CCN[C@H](C)c1cccc(F)c1. The van der Waals surface area contributed by atoms with Crippen molar-refractivity contribution in [3.8, 4) is 0 Å². The summed E-state index contributed by atoms with van der Waals surface area (Å²) in [5.74, 6) is -0.180. The summed E-state index contributed by atoms with van der Waals surface area (Å²) in [6.07, 6.45) is 0.958. The molecule has 0 amide bonds. The maximum absolute atomic E-state index is 12.9. The molecule has 1 aromatic rings. The first-order valence-electron chi connectivity index (χ1n) is 5.23. The lowest BCUT2D eigenvalue weighted by Gasteiger charge is -2.14. The van der Waals surface area contributed by atoms with E-state index in [1.54, 1.807) is 12.1 Å². The summed E-state index contributed by atoms with van der Waals surface area (Å²) < 4.78 is 12.9. The van der Waals surface area contributed by atoms with Gasteiger partial charge in [-0.2, -0.15) is 0 Å². The Morgan fingerprint density at radius 3 is 2.87 bits per heavy atom. The Morgan fingerprint density at radius 1 is 1.53 bits per heavy atom. The van der Waals surface area contributed by atoms with Crippen LogP contribution < -0.4 is 5.32 Å². The first-order chi connectivity index (χ1) is 7.09. The van der Waals surface area contributed by atoms with Gasteiger partial charge >= 0.3 is 0 Å². The van der Waals surface area contributed by atoms with Crippen molar-refractivity contribution in [2.24, 2.45) is 0 Å². The summed E-state index contributed by atoms with van der Waals surface area (Å²) >= 11 is 0. The average Bonchev–Trinajstić information content (AvgIpc) is 2.17. The van der Waals surface area contributed by atoms with Crippen molar-refractivity contribution in [2.45, 2.75) is 26.3 Å². The molecule has 0 aliphatic rings. The standard InChI is InChI=1S/C13H18FN/c1-10(2)7-8-15-11(3)12-5-4-6-13(14)9-12/h4-6,9,11,15H,1,7-8H2,2-3H3/t11-/m1/s1. The molecule has 1 rings (SSSR count). The van der Waals surface area contributed by atoms with Crippen LogP contribution in [0.2, 0.25) is 0 Å². The van der Waals surface area contributed by atoms with Crippen molar-refractivity contribution >= 4 is 0 Å². The number of hydrogen-bond acceptors (Lipinski definition) is 1. The summed E-state index contributed by atoms with van der Waals surface area (Å²) in [5, 5.41) is 3.33. The van der Waals surface area contributed by atoms with Gasteiger partial charge in [0, 0.05) is 6.04 Å². The van der Waals surface area contributed by atoms with Crippen molar-refractivity contribution in [1.82, 2.24) is 5.32 Å². The highest BCUT2D eigenvalue weighted by Gasteiger charge is 2.04. The van der Waals surface area contributed by atoms with Gasteiger partial charge in [-0.05, 0) is 44.5 Å². The van der Waals surface area contributed by atoms with Gasteiger partial charge in [-0.1, -0.05) is 17.7 Å². The number of hydrogen-bond donors (Lipinski definition) is 1. The maximum Gasteiger partial charge on any atom is 0.123 e. The van der Waals surface area contributed by atoms with E-state index in [1.165, 1.54) is 6.07 Å². The van der Waals surface area contributed by atoms with Crippen LogP contribution >= 0.6 is 0 Å². The molecule has 1 aromatic carbocycles. The minimum absolute atomic E-state index is 0.180. The van der Waals surface area contributed by atoms with E-state index in [0.717, 1.165) is 24.1 Å². The summed E-state index contributed by atoms with van der Waals surface area (Å²) in [5.41, 5.74) is 2.14. The second-order valence-electron chi connectivity index (χ2n) is 3.94. The lowest BCUT2D eigenvalue weighted by atomic mass is 10.1. The lowest BCUT2D eigenvalue weighted by Crippen LogP contribution is -2.20. The van der Waals surface area contributed by atoms with Gasteiger partial charge in [-0.3, -0.25) is 0 Å². The quantitative estimate of drug-likeness (QED) is 0.729. The first kappa shape index (κ1) is 11.9. The molecule has 0 aromatic heterocycles. The molecule has 0 saturated carbocycles. The van der Waals surface area contributed by atoms with Gasteiger partial charge < -0.3 is 5.32 Å². The van der Waals surface area contributed by atoms with E-state index < -0.39 is 0 Å². The molecule has 0 aliphatic heterocycles. The minimum atomic E-state index is -0.180. The largest absolute Gasteiger partial charge is 0.310 e. The zero-order valence-electron chi connectivity index (χ0n) is 9.39. The summed E-state index contributed by atoms with van der Waals surface area (Å²) in [4.78, 5) is 0. The molecule has 1 N–H and O–H groups in total. The molecule has 15 heavy (non-hydrogen) atoms. The lowest BCUT2D eigenvalue weighted by molar-refractivity contribution is 0.566. The molecule has 0 aliphatic carbocycles. The van der Waals surface area contributed by atoms with E-state index in [1.807, 2.05) is 19.9 Å². The molecule has 0 bridgehead atoms. The van der Waals surface area contributed by atoms with Crippen LogP contribution in [0.3, 0.4) is 0 Å². The van der Waals surface area contributed by atoms with Crippen molar-refractivity contribution in [2.75, 3.05) is 6.54 Å². The van der Waals surface area contributed by atoms with Crippen LogP contribution in [0.1, 0.15) is 31.9 Å². The molecular formula is C13H18FN. The Hall–Kier alpha value is -1.15. The van der Waals surface area contributed by atoms with E-state index in [4.69, 9.17) is 0 Å². The number of benzene rings is 1. The average molecular weight is 207 g/mol. The Kier molecular flexibility index (Phi) is 4.50. The second kappa shape index (κ2) is 5.66. The van der Waals surface area contributed by atoms with Gasteiger partial charge in [0.1, 0.15) is 5.82 Å². The summed E-state index contributed by atoms with van der Waals surface area (Å²) in [7, 11) is 0. The fourth-order valence-electron chi connectivity index (χ4n) is 1.40. The fourth-order valence-corrected chi connectivity index (χ4v) is 1.40. The van der Waals surface area contributed by atoms with E-state index in [0.29, 0.717) is 0 Å². The second-order valence-corrected chi connectivity index (χ2v) is 3.94. The fraction of sp³-hybridized carbons (Fsp3) is 0.385. The summed E-state index contributed by atoms with van der Waals surface area (Å²) in [6.45, 7) is 8.76. The number of nitrogens with one attached hydrogen (secondary N) is 1. The Bertz CT molecular complexity index is 333. The van der Waals surface area contributed by atoms with Crippen molar-refractivity contribution in [3.63, 3.8) is 0 Å². The van der Waals surface area contributed by atoms with E-state index in [-0.39, 0.29) is 11.9 Å². The monoisotopic (exact) mass is 207 g/mol. The highest BCUT2D eigenvalue weighted by Crippen LogP contribution is 2.13. The Labute approximate surface area is 91.0 Å². The van der Waals surface area contributed by atoms with Crippen LogP contribution in [0.4, 0.5) is 4.39 Å². The molecule has 0 radical (unpaired) electrons. The molecule has 0 heterocycles. The highest BCUT2D eigenvalue weighted by atomic mass is 19.1. The van der Waals surface area contributed by atoms with E-state index in [2.05, 4.69) is 11.9 Å². The van der Waals surface area contributed by atoms with Crippen molar-refractivity contribution in [3.05, 3.63) is 47.8 Å². The molecule has 0 unspecified atom stereocenters. The zero-order chi connectivity index (χ0) is 11.3. The molecule has 0 spiro atoms. The van der Waals surface area contributed by atoms with E-state index >= 15 is 0 Å². The third-order valence-electron chi connectivity index (χ3n) is 2.35. The van der Waals surface area contributed by atoms with Crippen molar-refractivity contribution in [1.29, 1.82) is 0 Å². The van der Waals surface area contributed by atoms with Crippen LogP contribution in [-0.4, -0.2) is 6.54 Å². The zero-order valence-corrected chi connectivity index (χ0v) is 9.39. The summed E-state index contributed by atoms with van der Waals surface area (Å²) in [6, 6.07) is 6.88. The van der Waals surface area contributed by atoms with E-state index in [9.17, 15) is 4.39 Å². The molecular weight excluding hydrogens is 189 g/mol. The van der Waals surface area contributed by atoms with Gasteiger partial charge in [-0.25, -0.2) is 4.39 Å². The first-order valence-corrected chi connectivity index (χ1v) is 5.23. The smallest absolute Gasteiger partial charge is 0.123 e. The number of rotatable bonds is 5. The van der Waals surface area contributed by atoms with Gasteiger partial charge in [0.05, 0.1) is 0 Å². The predicted molar refractivity (Wildman–Crippen MR) is 62.2 cm³/mol. The number of halogens is 1. The van der Waals surface area contributed by atoms with Crippen LogP contribution in [0, 0.1) is 5.82 Å². The Morgan fingerprint density at radius 2 is 2.27 bits per heavy atom. The molecule has 1 nitrogen and oxygen atoms in total. The normalized spacial score (nSPS) is 12.5. The molecule has 0 saturated heterocycles. The van der Waals surface area contributed by atoms with Gasteiger partial charge in [0.15, 0.2) is 0 Å². The molecule has 82 valence electrons. The predicted octanol–water partition coefficient (Wildman–Crippen LogP) is 3.44. The highest BCUT2D eigenvalue weighted by molar-refractivity contribution is 5.19. The minimum Gasteiger partial charge on any atom is -0.310 e. The topological polar surface area (TPSA) is 12.0 Å². The van der Waals surface area contributed by atoms with Crippen LogP contribution in [0.5, 0.6) is 0 Å². The molecule has 0 fully saturated rings. The van der Waals surface area contributed by atoms with Gasteiger partial charge in [0.25, 0.3) is 0 Å². The third-order valence-corrected chi connectivity index (χ3v) is 2.35.